The average molecular weight is 235 g/mol. The lowest BCUT2D eigenvalue weighted by atomic mass is 9.86. The normalized spacial score (nSPS) is 28.5. The van der Waals surface area contributed by atoms with E-state index in [-0.39, 0.29) is 12.0 Å². The van der Waals surface area contributed by atoms with E-state index in [9.17, 15) is 10.2 Å². The summed E-state index contributed by atoms with van der Waals surface area (Å²) in [5.41, 5.74) is 0.907. The van der Waals surface area contributed by atoms with E-state index in [0.29, 0.717) is 18.3 Å². The minimum Gasteiger partial charge on any atom is -0.508 e. The van der Waals surface area contributed by atoms with Gasteiger partial charge in [0, 0.05) is 30.2 Å². The molecule has 0 aliphatic heterocycles. The lowest BCUT2D eigenvalue weighted by molar-refractivity contribution is 0.118. The van der Waals surface area contributed by atoms with Crippen molar-refractivity contribution in [2.75, 3.05) is 6.61 Å². The summed E-state index contributed by atoms with van der Waals surface area (Å²) in [6.07, 6.45) is 3.34. The highest BCUT2D eigenvalue weighted by Crippen LogP contribution is 2.37. The van der Waals surface area contributed by atoms with Gasteiger partial charge in [-0.25, -0.2) is 0 Å². The predicted octanol–water partition coefficient (Wildman–Crippen LogP) is 2.03. The van der Waals surface area contributed by atoms with Gasteiger partial charge >= 0.3 is 0 Å². The SMILES string of the molecule is CC1(CO)CCCC1NCc1ccccc1O. The van der Waals surface area contributed by atoms with E-state index in [0.717, 1.165) is 24.8 Å². The van der Waals surface area contributed by atoms with Crippen molar-refractivity contribution < 1.29 is 10.2 Å². The van der Waals surface area contributed by atoms with Gasteiger partial charge in [-0.15, -0.1) is 0 Å². The molecule has 3 heteroatoms. The van der Waals surface area contributed by atoms with Crippen molar-refractivity contribution in [3.63, 3.8) is 0 Å². The molecule has 3 nitrogen and oxygen atoms in total. The van der Waals surface area contributed by atoms with E-state index in [1.54, 1.807) is 6.07 Å². The van der Waals surface area contributed by atoms with Crippen LogP contribution >= 0.6 is 0 Å². The second kappa shape index (κ2) is 5.07. The van der Waals surface area contributed by atoms with Gasteiger partial charge in [-0.3, -0.25) is 0 Å². The number of para-hydroxylation sites is 1. The van der Waals surface area contributed by atoms with Crippen LogP contribution < -0.4 is 5.32 Å². The Hall–Kier alpha value is -1.06. The Balaban J connectivity index is 1.97. The summed E-state index contributed by atoms with van der Waals surface area (Å²) in [4.78, 5) is 0. The Morgan fingerprint density at radius 2 is 2.18 bits per heavy atom. The zero-order valence-electron chi connectivity index (χ0n) is 10.3. The van der Waals surface area contributed by atoms with Crippen LogP contribution in [-0.2, 0) is 6.54 Å². The molecular formula is C14H21NO2. The molecule has 1 aliphatic carbocycles. The van der Waals surface area contributed by atoms with E-state index in [4.69, 9.17) is 0 Å². The number of aliphatic hydroxyl groups excluding tert-OH is 1. The molecule has 2 atom stereocenters. The maximum Gasteiger partial charge on any atom is 0.120 e. The van der Waals surface area contributed by atoms with Crippen LogP contribution in [-0.4, -0.2) is 22.9 Å². The number of hydrogen-bond acceptors (Lipinski definition) is 3. The van der Waals surface area contributed by atoms with Crippen LogP contribution in [0.3, 0.4) is 0 Å². The Morgan fingerprint density at radius 3 is 2.88 bits per heavy atom. The number of phenols is 1. The smallest absolute Gasteiger partial charge is 0.120 e. The van der Waals surface area contributed by atoms with Crippen molar-refractivity contribution in [3.8, 4) is 5.75 Å². The molecule has 2 rings (SSSR count). The van der Waals surface area contributed by atoms with Gasteiger partial charge in [-0.1, -0.05) is 31.5 Å². The summed E-state index contributed by atoms with van der Waals surface area (Å²) in [5.74, 6) is 0.337. The zero-order chi connectivity index (χ0) is 12.3. The largest absolute Gasteiger partial charge is 0.508 e. The topological polar surface area (TPSA) is 52.5 Å². The maximum absolute atomic E-state index is 9.68. The summed E-state index contributed by atoms with van der Waals surface area (Å²) in [6, 6.07) is 7.72. The van der Waals surface area contributed by atoms with E-state index in [1.165, 1.54) is 0 Å². The van der Waals surface area contributed by atoms with Crippen molar-refractivity contribution in [2.45, 2.75) is 38.8 Å². The fourth-order valence-corrected chi connectivity index (χ4v) is 2.66. The molecule has 0 aromatic heterocycles. The van der Waals surface area contributed by atoms with Gasteiger partial charge in [0.1, 0.15) is 5.75 Å². The molecule has 0 radical (unpaired) electrons. The van der Waals surface area contributed by atoms with Gasteiger partial charge in [0.2, 0.25) is 0 Å². The molecule has 0 spiro atoms. The molecular weight excluding hydrogens is 214 g/mol. The van der Waals surface area contributed by atoms with Crippen LogP contribution in [0, 0.1) is 5.41 Å². The van der Waals surface area contributed by atoms with Gasteiger partial charge < -0.3 is 15.5 Å². The Bertz CT molecular complexity index is 380. The minimum absolute atomic E-state index is 0.00952. The fourth-order valence-electron chi connectivity index (χ4n) is 2.66. The highest BCUT2D eigenvalue weighted by molar-refractivity contribution is 5.31. The standard InChI is InChI=1S/C14H21NO2/c1-14(10-16)8-4-7-13(14)15-9-11-5-2-3-6-12(11)17/h2-3,5-6,13,15-17H,4,7-10H2,1H3. The molecule has 0 amide bonds. The summed E-state index contributed by atoms with van der Waals surface area (Å²) in [6.45, 7) is 3.01. The lowest BCUT2D eigenvalue weighted by Gasteiger charge is -2.30. The zero-order valence-corrected chi connectivity index (χ0v) is 10.3. The van der Waals surface area contributed by atoms with Crippen LogP contribution in [0.1, 0.15) is 31.7 Å². The van der Waals surface area contributed by atoms with E-state index in [2.05, 4.69) is 12.2 Å². The van der Waals surface area contributed by atoms with Gasteiger partial charge in [0.15, 0.2) is 0 Å². The quantitative estimate of drug-likeness (QED) is 0.748. The molecule has 0 bridgehead atoms. The fraction of sp³-hybridized carbons (Fsp3) is 0.571. The molecule has 0 heterocycles. The number of aromatic hydroxyl groups is 1. The van der Waals surface area contributed by atoms with Crippen LogP contribution in [0.2, 0.25) is 0 Å². The lowest BCUT2D eigenvalue weighted by Crippen LogP contribution is -2.41. The summed E-state index contributed by atoms with van der Waals surface area (Å²) < 4.78 is 0. The summed E-state index contributed by atoms with van der Waals surface area (Å²) in [5, 5.41) is 22.6. The highest BCUT2D eigenvalue weighted by Gasteiger charge is 2.37. The monoisotopic (exact) mass is 235 g/mol. The summed E-state index contributed by atoms with van der Waals surface area (Å²) in [7, 11) is 0. The third-order valence-corrected chi connectivity index (χ3v) is 3.97. The molecule has 2 unspecified atom stereocenters. The number of hydrogen-bond donors (Lipinski definition) is 3. The van der Waals surface area contributed by atoms with Gasteiger partial charge in [0.05, 0.1) is 0 Å². The van der Waals surface area contributed by atoms with Crippen molar-refractivity contribution >= 4 is 0 Å². The number of phenolic OH excluding ortho intramolecular Hbond substituents is 1. The molecule has 17 heavy (non-hydrogen) atoms. The van der Waals surface area contributed by atoms with Crippen molar-refractivity contribution in [3.05, 3.63) is 29.8 Å². The summed E-state index contributed by atoms with van der Waals surface area (Å²) >= 11 is 0. The first kappa shape index (κ1) is 12.4. The highest BCUT2D eigenvalue weighted by atomic mass is 16.3. The van der Waals surface area contributed by atoms with Crippen LogP contribution in [0.5, 0.6) is 5.75 Å². The molecule has 1 aromatic rings. The van der Waals surface area contributed by atoms with Gasteiger partial charge in [-0.2, -0.15) is 0 Å². The van der Waals surface area contributed by atoms with E-state index < -0.39 is 0 Å². The minimum atomic E-state index is -0.00952. The maximum atomic E-state index is 9.68. The van der Waals surface area contributed by atoms with Crippen molar-refractivity contribution in [1.82, 2.24) is 5.32 Å². The number of nitrogens with one attached hydrogen (secondary N) is 1. The van der Waals surface area contributed by atoms with E-state index in [1.807, 2.05) is 18.2 Å². The first-order valence-electron chi connectivity index (χ1n) is 6.27. The van der Waals surface area contributed by atoms with Crippen molar-refractivity contribution in [2.24, 2.45) is 5.41 Å². The second-order valence-electron chi connectivity index (χ2n) is 5.27. The van der Waals surface area contributed by atoms with Gasteiger partial charge in [-0.05, 0) is 18.9 Å². The number of rotatable bonds is 4. The Kier molecular flexibility index (Phi) is 3.69. The Morgan fingerprint density at radius 1 is 1.41 bits per heavy atom. The molecule has 94 valence electrons. The van der Waals surface area contributed by atoms with Crippen LogP contribution in [0.25, 0.3) is 0 Å². The Labute approximate surface area is 102 Å². The molecule has 1 fully saturated rings. The first-order valence-corrected chi connectivity index (χ1v) is 6.27. The molecule has 3 N–H and O–H groups in total. The van der Waals surface area contributed by atoms with E-state index >= 15 is 0 Å². The number of benzene rings is 1. The number of aliphatic hydroxyl groups is 1. The van der Waals surface area contributed by atoms with Crippen molar-refractivity contribution in [1.29, 1.82) is 0 Å². The molecule has 1 aromatic carbocycles. The second-order valence-corrected chi connectivity index (χ2v) is 5.27. The molecule has 1 aliphatic rings. The third-order valence-electron chi connectivity index (χ3n) is 3.97. The van der Waals surface area contributed by atoms with Crippen LogP contribution in [0.4, 0.5) is 0 Å². The first-order chi connectivity index (χ1) is 8.15. The molecule has 1 saturated carbocycles. The average Bonchev–Trinajstić information content (AvgIpc) is 2.71. The predicted molar refractivity (Wildman–Crippen MR) is 67.8 cm³/mol. The third kappa shape index (κ3) is 2.61. The van der Waals surface area contributed by atoms with Gasteiger partial charge in [0.25, 0.3) is 0 Å². The van der Waals surface area contributed by atoms with Crippen LogP contribution in [0.15, 0.2) is 24.3 Å². The molecule has 0 saturated heterocycles.